The molecule has 7 nitrogen and oxygen atoms in total. The predicted molar refractivity (Wildman–Crippen MR) is 86.1 cm³/mol. The van der Waals surface area contributed by atoms with Gasteiger partial charge in [-0.1, -0.05) is 0 Å². The first-order chi connectivity index (χ1) is 11.4. The highest BCUT2D eigenvalue weighted by molar-refractivity contribution is 7.87. The number of rotatable bonds is 5. The second kappa shape index (κ2) is 6.04. The molecule has 0 saturated heterocycles. The van der Waals surface area contributed by atoms with E-state index < -0.39 is 10.1 Å². The molecule has 0 spiro atoms. The number of methoxy groups -OCH3 is 2. The van der Waals surface area contributed by atoms with Crippen molar-refractivity contribution >= 4 is 21.2 Å². The second-order valence-corrected chi connectivity index (χ2v) is 6.46. The van der Waals surface area contributed by atoms with Gasteiger partial charge in [0.2, 0.25) is 0 Å². The molecular weight excluding hydrogens is 334 g/mol. The van der Waals surface area contributed by atoms with E-state index in [-0.39, 0.29) is 10.6 Å². The molecule has 2 aromatic carbocycles. The van der Waals surface area contributed by atoms with E-state index in [1.165, 1.54) is 44.6 Å². The standard InChI is InChI=1S/C16H15NO6S/c1-10-17-13-8-11(4-6-14(13)22-10)23-24(18,19)12-5-7-15(20-2)16(9-12)21-3/h4-9H,1-3H3. The van der Waals surface area contributed by atoms with E-state index in [4.69, 9.17) is 18.1 Å². The van der Waals surface area contributed by atoms with E-state index in [9.17, 15) is 8.42 Å². The van der Waals surface area contributed by atoms with Crippen molar-refractivity contribution in [1.29, 1.82) is 0 Å². The Hall–Kier alpha value is -2.74. The first-order valence-corrected chi connectivity index (χ1v) is 8.37. The average Bonchev–Trinajstić information content (AvgIpc) is 2.93. The zero-order valence-corrected chi connectivity index (χ0v) is 14.1. The highest BCUT2D eigenvalue weighted by atomic mass is 32.2. The van der Waals surface area contributed by atoms with Crippen LogP contribution in [-0.2, 0) is 10.1 Å². The van der Waals surface area contributed by atoms with E-state index in [2.05, 4.69) is 4.98 Å². The second-order valence-electron chi connectivity index (χ2n) is 4.92. The van der Waals surface area contributed by atoms with Gasteiger partial charge in [-0.2, -0.15) is 8.42 Å². The van der Waals surface area contributed by atoms with Gasteiger partial charge in [0.1, 0.15) is 16.2 Å². The smallest absolute Gasteiger partial charge is 0.339 e. The SMILES string of the molecule is COc1ccc(S(=O)(=O)Oc2ccc3oc(C)nc3c2)cc1OC. The zero-order valence-electron chi connectivity index (χ0n) is 13.3. The van der Waals surface area contributed by atoms with Gasteiger partial charge >= 0.3 is 10.1 Å². The third kappa shape index (κ3) is 3.00. The Morgan fingerprint density at radius 3 is 2.46 bits per heavy atom. The van der Waals surface area contributed by atoms with Crippen LogP contribution in [0.3, 0.4) is 0 Å². The first kappa shape index (κ1) is 16.1. The van der Waals surface area contributed by atoms with Crippen molar-refractivity contribution in [3.63, 3.8) is 0 Å². The van der Waals surface area contributed by atoms with Crippen LogP contribution in [0, 0.1) is 6.92 Å². The fraction of sp³-hybridized carbons (Fsp3) is 0.188. The average molecular weight is 349 g/mol. The molecule has 0 aliphatic carbocycles. The first-order valence-electron chi connectivity index (χ1n) is 6.96. The van der Waals surface area contributed by atoms with Crippen molar-refractivity contribution in [1.82, 2.24) is 4.98 Å². The van der Waals surface area contributed by atoms with Crippen LogP contribution in [0.2, 0.25) is 0 Å². The van der Waals surface area contributed by atoms with Gasteiger partial charge in [-0.3, -0.25) is 0 Å². The lowest BCUT2D eigenvalue weighted by atomic mass is 10.3. The monoisotopic (exact) mass is 349 g/mol. The van der Waals surface area contributed by atoms with Gasteiger partial charge < -0.3 is 18.1 Å². The predicted octanol–water partition coefficient (Wildman–Crippen LogP) is 2.92. The molecule has 0 radical (unpaired) electrons. The number of oxazole rings is 1. The summed E-state index contributed by atoms with van der Waals surface area (Å²) in [6.07, 6.45) is 0. The summed E-state index contributed by atoms with van der Waals surface area (Å²) in [6.45, 7) is 1.71. The Balaban J connectivity index is 1.94. The summed E-state index contributed by atoms with van der Waals surface area (Å²) in [5, 5.41) is 0. The maximum Gasteiger partial charge on any atom is 0.339 e. The number of aryl methyl sites for hydroxylation is 1. The number of hydrogen-bond acceptors (Lipinski definition) is 7. The van der Waals surface area contributed by atoms with Gasteiger partial charge in [-0.15, -0.1) is 0 Å². The topological polar surface area (TPSA) is 87.9 Å². The highest BCUT2D eigenvalue weighted by Crippen LogP contribution is 2.31. The van der Waals surface area contributed by atoms with Crippen LogP contribution in [0.15, 0.2) is 45.7 Å². The van der Waals surface area contributed by atoms with Crippen molar-refractivity contribution in [2.24, 2.45) is 0 Å². The van der Waals surface area contributed by atoms with Gasteiger partial charge in [0.05, 0.1) is 14.2 Å². The summed E-state index contributed by atoms with van der Waals surface area (Å²) in [7, 11) is -1.13. The van der Waals surface area contributed by atoms with Gasteiger partial charge in [0, 0.05) is 19.1 Å². The minimum Gasteiger partial charge on any atom is -0.493 e. The van der Waals surface area contributed by atoms with Crippen LogP contribution in [0.4, 0.5) is 0 Å². The minimum absolute atomic E-state index is 0.0448. The molecule has 1 aromatic heterocycles. The molecule has 8 heteroatoms. The van der Waals surface area contributed by atoms with Crippen LogP contribution in [0.5, 0.6) is 17.2 Å². The van der Waals surface area contributed by atoms with Gasteiger partial charge in [0.25, 0.3) is 0 Å². The number of fused-ring (bicyclic) bond motifs is 1. The van der Waals surface area contributed by atoms with Crippen LogP contribution < -0.4 is 13.7 Å². The molecular formula is C16H15NO6S. The van der Waals surface area contributed by atoms with Gasteiger partial charge in [-0.05, 0) is 24.3 Å². The highest BCUT2D eigenvalue weighted by Gasteiger charge is 2.20. The molecule has 24 heavy (non-hydrogen) atoms. The molecule has 3 aromatic rings. The Morgan fingerprint density at radius 2 is 1.75 bits per heavy atom. The zero-order chi connectivity index (χ0) is 17.3. The molecule has 3 rings (SSSR count). The van der Waals surface area contributed by atoms with Gasteiger partial charge in [0.15, 0.2) is 23.0 Å². The van der Waals surface area contributed by atoms with Crippen LogP contribution in [-0.4, -0.2) is 27.6 Å². The molecule has 0 unspecified atom stereocenters. The fourth-order valence-electron chi connectivity index (χ4n) is 2.22. The van der Waals surface area contributed by atoms with E-state index in [1.807, 2.05) is 0 Å². The summed E-state index contributed by atoms with van der Waals surface area (Å²) in [5.41, 5.74) is 1.08. The Kier molecular flexibility index (Phi) is 4.06. The van der Waals surface area contributed by atoms with E-state index in [0.29, 0.717) is 28.5 Å². The number of aromatic nitrogens is 1. The summed E-state index contributed by atoms with van der Waals surface area (Å²) in [5.74, 6) is 1.36. The summed E-state index contributed by atoms with van der Waals surface area (Å²) in [4.78, 5) is 4.10. The quantitative estimate of drug-likeness (QED) is 0.654. The van der Waals surface area contributed by atoms with Crippen LogP contribution in [0.25, 0.3) is 11.1 Å². The number of ether oxygens (including phenoxy) is 2. The largest absolute Gasteiger partial charge is 0.493 e. The third-order valence-corrected chi connectivity index (χ3v) is 4.56. The van der Waals surface area contributed by atoms with E-state index >= 15 is 0 Å². The maximum atomic E-state index is 12.4. The summed E-state index contributed by atoms with van der Waals surface area (Å²) >= 11 is 0. The van der Waals surface area contributed by atoms with Crippen molar-refractivity contribution in [3.05, 3.63) is 42.3 Å². The molecule has 0 atom stereocenters. The van der Waals surface area contributed by atoms with Crippen molar-refractivity contribution in [2.75, 3.05) is 14.2 Å². The number of nitrogens with zero attached hydrogens (tertiary/aromatic N) is 1. The van der Waals surface area contributed by atoms with Crippen LogP contribution >= 0.6 is 0 Å². The number of hydrogen-bond donors (Lipinski definition) is 0. The van der Waals surface area contributed by atoms with Gasteiger partial charge in [-0.25, -0.2) is 4.98 Å². The Morgan fingerprint density at radius 1 is 1.00 bits per heavy atom. The molecule has 0 N–H and O–H groups in total. The maximum absolute atomic E-state index is 12.4. The van der Waals surface area contributed by atoms with Crippen molar-refractivity contribution in [3.8, 4) is 17.2 Å². The normalized spacial score (nSPS) is 11.5. The molecule has 126 valence electrons. The Bertz CT molecular complexity index is 993. The lowest BCUT2D eigenvalue weighted by Gasteiger charge is -2.10. The molecule has 0 saturated carbocycles. The molecule has 0 amide bonds. The minimum atomic E-state index is -4.03. The lowest BCUT2D eigenvalue weighted by molar-refractivity contribution is 0.353. The molecule has 0 bridgehead atoms. The summed E-state index contributed by atoms with van der Waals surface area (Å²) < 4.78 is 45.6. The van der Waals surface area contributed by atoms with Crippen LogP contribution in [0.1, 0.15) is 5.89 Å². The lowest BCUT2D eigenvalue weighted by Crippen LogP contribution is -2.10. The molecule has 0 aliphatic rings. The Labute approximate surface area is 138 Å². The fourth-order valence-corrected chi connectivity index (χ4v) is 3.16. The third-order valence-electron chi connectivity index (χ3n) is 3.32. The van der Waals surface area contributed by atoms with Crippen molar-refractivity contribution < 1.29 is 26.5 Å². The molecule has 0 fully saturated rings. The van der Waals surface area contributed by atoms with E-state index in [1.54, 1.807) is 13.0 Å². The molecule has 1 heterocycles. The molecule has 0 aliphatic heterocycles. The summed E-state index contributed by atoms with van der Waals surface area (Å²) in [6, 6.07) is 8.84. The van der Waals surface area contributed by atoms with Crippen molar-refractivity contribution in [2.45, 2.75) is 11.8 Å². The number of benzene rings is 2. The van der Waals surface area contributed by atoms with E-state index in [0.717, 1.165) is 0 Å².